The minimum atomic E-state index is -0.312. The van der Waals surface area contributed by atoms with E-state index >= 15 is 0 Å². The second kappa shape index (κ2) is 8.65. The Hall–Kier alpha value is -2.62. The lowest BCUT2D eigenvalue weighted by molar-refractivity contribution is -0.132. The molecule has 1 heterocycles. The highest BCUT2D eigenvalue weighted by Crippen LogP contribution is 2.25. The molecule has 26 heavy (non-hydrogen) atoms. The third-order valence-electron chi connectivity index (χ3n) is 5.02. The second-order valence-electron chi connectivity index (χ2n) is 6.77. The maximum absolute atomic E-state index is 13.1. The van der Waals surface area contributed by atoms with E-state index in [0.29, 0.717) is 6.42 Å². The molecule has 4 nitrogen and oxygen atoms in total. The Balaban J connectivity index is 1.70. The van der Waals surface area contributed by atoms with Gasteiger partial charge in [-0.1, -0.05) is 67.6 Å². The highest BCUT2D eigenvalue weighted by Gasteiger charge is 2.27. The fraction of sp³-hybridized carbons (Fsp3) is 0.364. The van der Waals surface area contributed by atoms with Gasteiger partial charge in [0.15, 0.2) is 0 Å². The third kappa shape index (κ3) is 4.31. The molecule has 0 radical (unpaired) electrons. The number of benzene rings is 2. The van der Waals surface area contributed by atoms with Crippen LogP contribution in [0.3, 0.4) is 0 Å². The van der Waals surface area contributed by atoms with E-state index in [2.05, 4.69) is 5.32 Å². The van der Waals surface area contributed by atoms with Crippen LogP contribution in [0, 0.1) is 0 Å². The minimum Gasteiger partial charge on any atom is -0.352 e. The lowest BCUT2D eigenvalue weighted by atomic mass is 9.90. The summed E-state index contributed by atoms with van der Waals surface area (Å²) in [6.07, 6.45) is 2.17. The van der Waals surface area contributed by atoms with Crippen molar-refractivity contribution < 1.29 is 9.59 Å². The molecule has 0 aromatic heterocycles. The van der Waals surface area contributed by atoms with Crippen LogP contribution in [0.2, 0.25) is 0 Å². The first kappa shape index (κ1) is 18.2. The van der Waals surface area contributed by atoms with Gasteiger partial charge >= 0.3 is 0 Å². The zero-order valence-corrected chi connectivity index (χ0v) is 15.2. The summed E-state index contributed by atoms with van der Waals surface area (Å²) >= 11 is 0. The number of nitrogens with zero attached hydrogens (tertiary/aromatic N) is 1. The summed E-state index contributed by atoms with van der Waals surface area (Å²) in [7, 11) is 0. The molecule has 2 amide bonds. The van der Waals surface area contributed by atoms with Crippen LogP contribution in [0.1, 0.15) is 43.2 Å². The Kier molecular flexibility index (Phi) is 6.05. The molecule has 0 atom stereocenters. The highest BCUT2D eigenvalue weighted by molar-refractivity contribution is 5.87. The molecule has 1 saturated heterocycles. The van der Waals surface area contributed by atoms with E-state index in [0.717, 1.165) is 37.1 Å². The summed E-state index contributed by atoms with van der Waals surface area (Å²) in [6.45, 7) is 3.33. The number of hydrogen-bond donors (Lipinski definition) is 1. The molecule has 136 valence electrons. The Morgan fingerprint density at radius 2 is 1.46 bits per heavy atom. The zero-order chi connectivity index (χ0) is 18.4. The van der Waals surface area contributed by atoms with Crippen molar-refractivity contribution in [3.8, 4) is 0 Å². The first-order valence-corrected chi connectivity index (χ1v) is 9.37. The van der Waals surface area contributed by atoms with E-state index in [-0.39, 0.29) is 23.8 Å². The highest BCUT2D eigenvalue weighted by atomic mass is 16.2. The zero-order valence-electron chi connectivity index (χ0n) is 15.2. The summed E-state index contributed by atoms with van der Waals surface area (Å²) in [5.74, 6) is -0.0865. The fourth-order valence-corrected chi connectivity index (χ4v) is 3.57. The van der Waals surface area contributed by atoms with Crippen LogP contribution in [-0.4, -0.2) is 35.8 Å². The maximum Gasteiger partial charge on any atom is 0.232 e. The minimum absolute atomic E-state index is 0.0302. The van der Waals surface area contributed by atoms with Gasteiger partial charge in [0.25, 0.3) is 0 Å². The van der Waals surface area contributed by atoms with Gasteiger partial charge in [0.1, 0.15) is 0 Å². The number of nitrogens with one attached hydrogen (secondary N) is 1. The van der Waals surface area contributed by atoms with E-state index in [1.807, 2.05) is 72.5 Å². The Labute approximate surface area is 155 Å². The first-order valence-electron chi connectivity index (χ1n) is 9.37. The molecule has 1 fully saturated rings. The van der Waals surface area contributed by atoms with Crippen molar-refractivity contribution in [3.05, 3.63) is 71.8 Å². The van der Waals surface area contributed by atoms with Crippen LogP contribution < -0.4 is 5.32 Å². The van der Waals surface area contributed by atoms with Crippen LogP contribution >= 0.6 is 0 Å². The number of amides is 2. The molecule has 0 spiro atoms. The first-order chi connectivity index (χ1) is 12.7. The van der Waals surface area contributed by atoms with Crippen molar-refractivity contribution in [3.63, 3.8) is 0 Å². The Morgan fingerprint density at radius 3 is 1.92 bits per heavy atom. The van der Waals surface area contributed by atoms with Gasteiger partial charge in [-0.15, -0.1) is 0 Å². The molecule has 1 aliphatic rings. The summed E-state index contributed by atoms with van der Waals surface area (Å²) in [5.41, 5.74) is 1.99. The van der Waals surface area contributed by atoms with E-state index in [1.165, 1.54) is 0 Å². The summed E-state index contributed by atoms with van der Waals surface area (Å²) in [5, 5.41) is 3.22. The molecule has 2 aromatic carbocycles. The number of likely N-dealkylation sites (tertiary alicyclic amines) is 1. The number of rotatable bonds is 5. The molecular weight excluding hydrogens is 324 g/mol. The number of carbonyl (C=O) groups is 2. The van der Waals surface area contributed by atoms with Gasteiger partial charge < -0.3 is 10.2 Å². The summed E-state index contributed by atoms with van der Waals surface area (Å²) < 4.78 is 0. The SMILES string of the molecule is CCC(=O)N1CCC(NC(=O)C(c2ccccc2)c2ccccc2)CC1. The average Bonchev–Trinajstić information content (AvgIpc) is 2.70. The standard InChI is InChI=1S/C22H26N2O2/c1-2-20(25)24-15-13-19(14-16-24)23-22(26)21(17-9-5-3-6-10-17)18-11-7-4-8-12-18/h3-12,19,21H,2,13-16H2,1H3,(H,23,26). The van der Waals surface area contributed by atoms with Crippen molar-refractivity contribution in [2.75, 3.05) is 13.1 Å². The van der Waals surface area contributed by atoms with Crippen molar-refractivity contribution in [2.24, 2.45) is 0 Å². The molecule has 2 aromatic rings. The predicted octanol–water partition coefficient (Wildman–Crippen LogP) is 3.34. The normalized spacial score (nSPS) is 15.1. The van der Waals surface area contributed by atoms with Gasteiger partial charge in [0, 0.05) is 25.6 Å². The van der Waals surface area contributed by atoms with Gasteiger partial charge in [0.05, 0.1) is 5.92 Å². The van der Waals surface area contributed by atoms with E-state index in [4.69, 9.17) is 0 Å². The topological polar surface area (TPSA) is 49.4 Å². The number of piperidine rings is 1. The fourth-order valence-electron chi connectivity index (χ4n) is 3.57. The van der Waals surface area contributed by atoms with Crippen molar-refractivity contribution in [2.45, 2.75) is 38.1 Å². The van der Waals surface area contributed by atoms with Crippen molar-refractivity contribution in [1.82, 2.24) is 10.2 Å². The molecule has 0 saturated carbocycles. The molecule has 1 N–H and O–H groups in total. The largest absolute Gasteiger partial charge is 0.352 e. The van der Waals surface area contributed by atoms with Gasteiger partial charge in [-0.3, -0.25) is 9.59 Å². The molecule has 1 aliphatic heterocycles. The van der Waals surface area contributed by atoms with E-state index < -0.39 is 0 Å². The molecule has 0 aliphatic carbocycles. The lowest BCUT2D eigenvalue weighted by Gasteiger charge is -2.33. The number of hydrogen-bond acceptors (Lipinski definition) is 2. The van der Waals surface area contributed by atoms with E-state index in [9.17, 15) is 9.59 Å². The quantitative estimate of drug-likeness (QED) is 0.899. The molecule has 3 rings (SSSR count). The Morgan fingerprint density at radius 1 is 0.962 bits per heavy atom. The third-order valence-corrected chi connectivity index (χ3v) is 5.02. The van der Waals surface area contributed by atoms with E-state index in [1.54, 1.807) is 0 Å². The van der Waals surface area contributed by atoms with Crippen LogP contribution in [-0.2, 0) is 9.59 Å². The van der Waals surface area contributed by atoms with Gasteiger partial charge in [-0.05, 0) is 24.0 Å². The van der Waals surface area contributed by atoms with Gasteiger partial charge in [-0.2, -0.15) is 0 Å². The maximum atomic E-state index is 13.1. The van der Waals surface area contributed by atoms with Crippen molar-refractivity contribution >= 4 is 11.8 Å². The second-order valence-corrected chi connectivity index (χ2v) is 6.77. The van der Waals surface area contributed by atoms with Crippen LogP contribution in [0.4, 0.5) is 0 Å². The Bertz CT molecular complexity index is 683. The van der Waals surface area contributed by atoms with Gasteiger partial charge in [-0.25, -0.2) is 0 Å². The van der Waals surface area contributed by atoms with Crippen LogP contribution in [0.15, 0.2) is 60.7 Å². The molecule has 0 unspecified atom stereocenters. The molecule has 4 heteroatoms. The molecule has 0 bridgehead atoms. The predicted molar refractivity (Wildman–Crippen MR) is 103 cm³/mol. The van der Waals surface area contributed by atoms with Gasteiger partial charge in [0.2, 0.25) is 11.8 Å². The average molecular weight is 350 g/mol. The summed E-state index contributed by atoms with van der Waals surface area (Å²) in [6, 6.07) is 19.9. The summed E-state index contributed by atoms with van der Waals surface area (Å²) in [4.78, 5) is 26.8. The van der Waals surface area contributed by atoms with Crippen molar-refractivity contribution in [1.29, 1.82) is 0 Å². The lowest BCUT2D eigenvalue weighted by Crippen LogP contribution is -2.47. The monoisotopic (exact) mass is 350 g/mol. The molecular formula is C22H26N2O2. The van der Waals surface area contributed by atoms with Crippen LogP contribution in [0.5, 0.6) is 0 Å². The van der Waals surface area contributed by atoms with Crippen LogP contribution in [0.25, 0.3) is 0 Å². The smallest absolute Gasteiger partial charge is 0.232 e. The number of carbonyl (C=O) groups excluding carboxylic acids is 2.